The van der Waals surface area contributed by atoms with Gasteiger partial charge in [-0.3, -0.25) is 9.55 Å². The summed E-state index contributed by atoms with van der Waals surface area (Å²) in [5.74, 6) is -4.59. The summed E-state index contributed by atoms with van der Waals surface area (Å²) in [7, 11) is 0. The summed E-state index contributed by atoms with van der Waals surface area (Å²) in [6, 6.07) is 23.1. The number of fused-ring (bicyclic) bond motifs is 6. The van der Waals surface area contributed by atoms with Crippen LogP contribution >= 0.6 is 0 Å². The number of pyridine rings is 2. The molecule has 180 valence electrons. The van der Waals surface area contributed by atoms with Gasteiger partial charge >= 0.3 is 0 Å². The number of rotatable bonds is 2. The van der Waals surface area contributed by atoms with Crippen LogP contribution in [0.2, 0.25) is 0 Å². The molecule has 7 rings (SSSR count). The standard InChI is InChI=1S/C28H18N4O5/c33-23-22(24(34)26(36)27(37)25(23)35)32-18-11-6-12-29-20(18)16-13-19-21(30-28(16)32)15-9-4-5-10-17(15)31(19)14-7-2-1-3-8-14/h1-13,33-37H. The van der Waals surface area contributed by atoms with Gasteiger partial charge in [-0.25, -0.2) is 4.98 Å². The maximum absolute atomic E-state index is 10.8. The zero-order valence-corrected chi connectivity index (χ0v) is 19.0. The third-order valence-electron chi connectivity index (χ3n) is 6.70. The van der Waals surface area contributed by atoms with Crippen molar-refractivity contribution in [1.82, 2.24) is 19.1 Å². The van der Waals surface area contributed by atoms with Gasteiger partial charge < -0.3 is 30.1 Å². The van der Waals surface area contributed by atoms with Crippen molar-refractivity contribution in [3.8, 4) is 40.1 Å². The number of hydrogen-bond donors (Lipinski definition) is 5. The fourth-order valence-corrected chi connectivity index (χ4v) is 5.07. The van der Waals surface area contributed by atoms with Crippen molar-refractivity contribution in [2.45, 2.75) is 0 Å². The Bertz CT molecular complexity index is 2010. The summed E-state index contributed by atoms with van der Waals surface area (Å²) in [6.45, 7) is 0. The SMILES string of the molecule is Oc1c(O)c(O)c(-n2c3cccnc3c3cc4c(nc32)c2ccccc2n4-c2ccccc2)c(O)c1O. The summed E-state index contributed by atoms with van der Waals surface area (Å²) in [6.07, 6.45) is 1.62. The molecule has 0 fully saturated rings. The molecular weight excluding hydrogens is 472 g/mol. The Kier molecular flexibility index (Phi) is 4.11. The third-order valence-corrected chi connectivity index (χ3v) is 6.70. The Balaban J connectivity index is 1.71. The van der Waals surface area contributed by atoms with Gasteiger partial charge in [0.15, 0.2) is 11.5 Å². The van der Waals surface area contributed by atoms with Gasteiger partial charge in [0.05, 0.1) is 27.6 Å². The number of aromatic hydroxyl groups is 5. The van der Waals surface area contributed by atoms with Crippen molar-refractivity contribution in [3.05, 3.63) is 79.0 Å². The molecule has 0 aliphatic rings. The molecule has 0 unspecified atom stereocenters. The van der Waals surface area contributed by atoms with Crippen molar-refractivity contribution in [2.24, 2.45) is 0 Å². The number of hydrogen-bond acceptors (Lipinski definition) is 7. The van der Waals surface area contributed by atoms with Crippen LogP contribution in [0, 0.1) is 0 Å². The molecule has 37 heavy (non-hydrogen) atoms. The van der Waals surface area contributed by atoms with Crippen LogP contribution in [0.15, 0.2) is 79.0 Å². The molecule has 0 atom stereocenters. The molecule has 0 bridgehead atoms. The van der Waals surface area contributed by atoms with E-state index in [9.17, 15) is 25.5 Å². The van der Waals surface area contributed by atoms with E-state index in [1.54, 1.807) is 18.3 Å². The fraction of sp³-hybridized carbons (Fsp3) is 0. The predicted molar refractivity (Wildman–Crippen MR) is 139 cm³/mol. The Morgan fingerprint density at radius 3 is 1.95 bits per heavy atom. The molecule has 7 aromatic rings. The van der Waals surface area contributed by atoms with Gasteiger partial charge in [-0.2, -0.15) is 0 Å². The zero-order chi connectivity index (χ0) is 25.4. The Morgan fingerprint density at radius 2 is 1.19 bits per heavy atom. The fourth-order valence-electron chi connectivity index (χ4n) is 5.07. The van der Waals surface area contributed by atoms with Crippen LogP contribution in [0.4, 0.5) is 0 Å². The summed E-state index contributed by atoms with van der Waals surface area (Å²) in [5, 5.41) is 53.5. The number of phenolic OH excluding ortho intramolecular Hbond substituents is 5. The average molecular weight is 490 g/mol. The highest BCUT2D eigenvalue weighted by atomic mass is 16.4. The zero-order valence-electron chi connectivity index (χ0n) is 19.0. The van der Waals surface area contributed by atoms with Crippen LogP contribution in [0.3, 0.4) is 0 Å². The monoisotopic (exact) mass is 490 g/mol. The second-order valence-electron chi connectivity index (χ2n) is 8.71. The van der Waals surface area contributed by atoms with E-state index in [4.69, 9.17) is 4.98 Å². The van der Waals surface area contributed by atoms with Gasteiger partial charge in [-0.15, -0.1) is 0 Å². The Hall–Kier alpha value is -5.44. The molecule has 0 saturated heterocycles. The second-order valence-corrected chi connectivity index (χ2v) is 8.71. The van der Waals surface area contributed by atoms with Crippen molar-refractivity contribution in [1.29, 1.82) is 0 Å². The van der Waals surface area contributed by atoms with E-state index in [0.717, 1.165) is 22.1 Å². The van der Waals surface area contributed by atoms with E-state index < -0.39 is 28.7 Å². The van der Waals surface area contributed by atoms with E-state index in [1.807, 2.05) is 60.7 Å². The first-order valence-electron chi connectivity index (χ1n) is 11.4. The minimum Gasteiger partial charge on any atom is -0.503 e. The Morgan fingerprint density at radius 1 is 0.541 bits per heavy atom. The first kappa shape index (κ1) is 20.9. The van der Waals surface area contributed by atoms with E-state index in [1.165, 1.54) is 4.57 Å². The number of aromatic nitrogens is 4. The smallest absolute Gasteiger partial charge is 0.208 e. The van der Waals surface area contributed by atoms with Crippen molar-refractivity contribution >= 4 is 44.0 Å². The maximum Gasteiger partial charge on any atom is 0.208 e. The summed E-state index contributed by atoms with van der Waals surface area (Å²) < 4.78 is 3.52. The lowest BCUT2D eigenvalue weighted by Crippen LogP contribution is -1.98. The van der Waals surface area contributed by atoms with E-state index >= 15 is 0 Å². The quantitative estimate of drug-likeness (QED) is 0.166. The topological polar surface area (TPSA) is 137 Å². The molecule has 0 saturated carbocycles. The summed E-state index contributed by atoms with van der Waals surface area (Å²) >= 11 is 0. The first-order valence-corrected chi connectivity index (χ1v) is 11.4. The minimum atomic E-state index is -1.03. The largest absolute Gasteiger partial charge is 0.503 e. The molecule has 9 nitrogen and oxygen atoms in total. The minimum absolute atomic E-state index is 0.326. The second kappa shape index (κ2) is 7.28. The maximum atomic E-state index is 10.8. The highest BCUT2D eigenvalue weighted by Crippen LogP contribution is 2.53. The van der Waals surface area contributed by atoms with Crippen molar-refractivity contribution < 1.29 is 25.5 Å². The van der Waals surface area contributed by atoms with E-state index in [2.05, 4.69) is 9.55 Å². The molecule has 0 radical (unpaired) electrons. The van der Waals surface area contributed by atoms with Crippen molar-refractivity contribution in [2.75, 3.05) is 0 Å². The molecular formula is C28H18N4O5. The van der Waals surface area contributed by atoms with Gasteiger partial charge in [0.1, 0.15) is 11.3 Å². The third kappa shape index (κ3) is 2.67. The lowest BCUT2D eigenvalue weighted by atomic mass is 10.2. The molecule has 0 amide bonds. The molecule has 5 N–H and O–H groups in total. The summed E-state index contributed by atoms with van der Waals surface area (Å²) in [4.78, 5) is 9.52. The number of nitrogens with zero attached hydrogens (tertiary/aromatic N) is 4. The van der Waals surface area contributed by atoms with Crippen LogP contribution in [-0.2, 0) is 0 Å². The molecule has 4 heterocycles. The summed E-state index contributed by atoms with van der Waals surface area (Å²) in [5.41, 5.74) is 4.38. The highest BCUT2D eigenvalue weighted by Gasteiger charge is 2.28. The predicted octanol–water partition coefficient (Wildman–Crippen LogP) is 5.20. The van der Waals surface area contributed by atoms with Gasteiger partial charge in [0, 0.05) is 22.7 Å². The van der Waals surface area contributed by atoms with Crippen LogP contribution in [0.5, 0.6) is 28.7 Å². The van der Waals surface area contributed by atoms with Gasteiger partial charge in [-0.1, -0.05) is 36.4 Å². The first-order chi connectivity index (χ1) is 18.0. The van der Waals surface area contributed by atoms with Gasteiger partial charge in [0.25, 0.3) is 0 Å². The average Bonchev–Trinajstić information content (AvgIpc) is 3.43. The number of phenols is 5. The number of benzene rings is 3. The molecule has 0 spiro atoms. The Labute approximate surface area is 208 Å². The normalized spacial score (nSPS) is 11.8. The lowest BCUT2D eigenvalue weighted by molar-refractivity contribution is 0.327. The molecule has 0 aliphatic carbocycles. The van der Waals surface area contributed by atoms with Gasteiger partial charge in [-0.05, 0) is 36.4 Å². The molecule has 4 aromatic heterocycles. The molecule has 9 heteroatoms. The van der Waals surface area contributed by atoms with Crippen LogP contribution < -0.4 is 0 Å². The van der Waals surface area contributed by atoms with Crippen molar-refractivity contribution in [3.63, 3.8) is 0 Å². The highest BCUT2D eigenvalue weighted by molar-refractivity contribution is 6.15. The lowest BCUT2D eigenvalue weighted by Gasteiger charge is -2.14. The van der Waals surface area contributed by atoms with Crippen LogP contribution in [-0.4, -0.2) is 44.6 Å². The van der Waals surface area contributed by atoms with Crippen LogP contribution in [0.25, 0.3) is 55.4 Å². The van der Waals surface area contributed by atoms with E-state index in [-0.39, 0.29) is 5.69 Å². The van der Waals surface area contributed by atoms with Crippen LogP contribution in [0.1, 0.15) is 0 Å². The molecule has 0 aliphatic heterocycles. The van der Waals surface area contributed by atoms with E-state index in [0.29, 0.717) is 27.6 Å². The van der Waals surface area contributed by atoms with Gasteiger partial charge in [0.2, 0.25) is 17.2 Å². The molecule has 3 aromatic carbocycles. The number of para-hydroxylation sites is 2.